The summed E-state index contributed by atoms with van der Waals surface area (Å²) < 4.78 is 14.4. The molecular formula is C26H25FN6O2. The minimum atomic E-state index is -0.816. The van der Waals surface area contributed by atoms with E-state index in [1.54, 1.807) is 0 Å². The van der Waals surface area contributed by atoms with Gasteiger partial charge >= 0.3 is 0 Å². The topological polar surface area (TPSA) is 124 Å². The fraction of sp³-hybridized carbons (Fsp3) is 0.269. The van der Waals surface area contributed by atoms with E-state index in [4.69, 9.17) is 5.73 Å². The Balaban J connectivity index is 1.27. The molecule has 0 saturated carbocycles. The van der Waals surface area contributed by atoms with Gasteiger partial charge in [-0.2, -0.15) is 10.1 Å². The van der Waals surface area contributed by atoms with Gasteiger partial charge in [-0.1, -0.05) is 43.0 Å². The lowest BCUT2D eigenvalue weighted by Crippen LogP contribution is -2.45. The summed E-state index contributed by atoms with van der Waals surface area (Å²) in [7, 11) is 0. The number of anilines is 1. The fourth-order valence-electron chi connectivity index (χ4n) is 5.64. The number of nitrogens with zero attached hydrogens (tertiary/aromatic N) is 3. The zero-order chi connectivity index (χ0) is 24.3. The Bertz CT molecular complexity index is 1530. The van der Waals surface area contributed by atoms with Crippen molar-refractivity contribution >= 4 is 22.6 Å². The highest BCUT2D eigenvalue weighted by atomic mass is 19.1. The zero-order valence-corrected chi connectivity index (χ0v) is 19.0. The second-order valence-electron chi connectivity index (χ2n) is 9.51. The Morgan fingerprint density at radius 1 is 1.20 bits per heavy atom. The number of benzene rings is 2. The number of hydrogen-bond donors (Lipinski definition) is 4. The Labute approximate surface area is 200 Å². The lowest BCUT2D eigenvalue weighted by molar-refractivity contribution is 0.187. The van der Waals surface area contributed by atoms with E-state index in [1.165, 1.54) is 29.3 Å². The number of halogens is 1. The van der Waals surface area contributed by atoms with Crippen LogP contribution in [0.15, 0.2) is 53.8 Å². The molecule has 8 nitrogen and oxygen atoms in total. The summed E-state index contributed by atoms with van der Waals surface area (Å²) in [5, 5.41) is 16.9. The molecule has 2 aliphatic rings. The number of nitrogens with two attached hydrogens (primary N) is 1. The summed E-state index contributed by atoms with van der Waals surface area (Å²) in [4.78, 5) is 22.6. The van der Waals surface area contributed by atoms with Crippen molar-refractivity contribution < 1.29 is 9.50 Å². The van der Waals surface area contributed by atoms with E-state index in [9.17, 15) is 14.3 Å². The smallest absolute Gasteiger partial charge is 0.264 e. The van der Waals surface area contributed by atoms with Crippen molar-refractivity contribution in [1.82, 2.24) is 20.2 Å². The lowest BCUT2D eigenvalue weighted by Gasteiger charge is -2.42. The molecule has 5 N–H and O–H groups in total. The predicted octanol–water partition coefficient (Wildman–Crippen LogP) is 3.40. The minimum Gasteiger partial charge on any atom is -0.505 e. The maximum Gasteiger partial charge on any atom is 0.264 e. The number of phenols is 1. The van der Waals surface area contributed by atoms with Crippen LogP contribution in [0.2, 0.25) is 0 Å². The molecule has 0 unspecified atom stereocenters. The molecule has 6 rings (SSSR count). The molecule has 1 aliphatic heterocycles. The minimum absolute atomic E-state index is 0.00864. The molecule has 2 aromatic carbocycles. The van der Waals surface area contributed by atoms with E-state index in [0.717, 1.165) is 32.4 Å². The van der Waals surface area contributed by atoms with Gasteiger partial charge in [-0.25, -0.2) is 4.39 Å². The third-order valence-corrected chi connectivity index (χ3v) is 7.66. The van der Waals surface area contributed by atoms with Crippen LogP contribution in [0.3, 0.4) is 0 Å². The maximum atomic E-state index is 14.4. The van der Waals surface area contributed by atoms with Gasteiger partial charge in [0.25, 0.3) is 5.56 Å². The summed E-state index contributed by atoms with van der Waals surface area (Å²) in [6, 6.07) is 12.6. The first-order valence-corrected chi connectivity index (χ1v) is 11.6. The SMILES string of the molecule is C=C(c1cccc(O)c1F)c1n[nH]c2nc(N3CCC4(CC3)Cc3ccccc3[C@H]4N)[nH]c(=O)c12. The van der Waals surface area contributed by atoms with Crippen LogP contribution >= 0.6 is 0 Å². The first-order chi connectivity index (χ1) is 16.9. The molecule has 1 saturated heterocycles. The highest BCUT2D eigenvalue weighted by molar-refractivity contribution is 5.92. The Hall–Kier alpha value is -3.98. The average Bonchev–Trinajstić information content (AvgIpc) is 3.41. The fourth-order valence-corrected chi connectivity index (χ4v) is 5.64. The van der Waals surface area contributed by atoms with Crippen LogP contribution in [-0.2, 0) is 6.42 Å². The summed E-state index contributed by atoms with van der Waals surface area (Å²) in [5.41, 5.74) is 9.62. The van der Waals surface area contributed by atoms with Crippen LogP contribution in [0, 0.1) is 11.2 Å². The summed E-state index contributed by atoms with van der Waals surface area (Å²) >= 11 is 0. The second-order valence-corrected chi connectivity index (χ2v) is 9.51. The monoisotopic (exact) mass is 472 g/mol. The van der Waals surface area contributed by atoms with Gasteiger partial charge in [-0.3, -0.25) is 14.9 Å². The van der Waals surface area contributed by atoms with Crippen LogP contribution in [-0.4, -0.2) is 38.4 Å². The number of nitrogens with one attached hydrogen (secondary N) is 2. The average molecular weight is 473 g/mol. The van der Waals surface area contributed by atoms with Crippen molar-refractivity contribution in [2.24, 2.45) is 11.1 Å². The molecule has 1 fully saturated rings. The third kappa shape index (κ3) is 3.26. The molecule has 0 bridgehead atoms. The van der Waals surface area contributed by atoms with Crippen LogP contribution < -0.4 is 16.2 Å². The van der Waals surface area contributed by atoms with E-state index in [-0.39, 0.29) is 39.2 Å². The van der Waals surface area contributed by atoms with Gasteiger partial charge in [0.2, 0.25) is 5.95 Å². The van der Waals surface area contributed by atoms with Gasteiger partial charge in [0.05, 0.1) is 0 Å². The molecule has 1 spiro atoms. The summed E-state index contributed by atoms with van der Waals surface area (Å²) in [5.74, 6) is -0.847. The highest BCUT2D eigenvalue weighted by Crippen LogP contribution is 2.50. The van der Waals surface area contributed by atoms with Crippen molar-refractivity contribution in [1.29, 1.82) is 0 Å². The van der Waals surface area contributed by atoms with E-state index in [2.05, 4.69) is 49.8 Å². The van der Waals surface area contributed by atoms with Crippen LogP contribution in [0.1, 0.15) is 41.3 Å². The van der Waals surface area contributed by atoms with Gasteiger partial charge in [-0.15, -0.1) is 0 Å². The molecule has 0 amide bonds. The number of piperidine rings is 1. The molecule has 2 aromatic heterocycles. The van der Waals surface area contributed by atoms with E-state index >= 15 is 0 Å². The van der Waals surface area contributed by atoms with Crippen LogP contribution in [0.5, 0.6) is 5.75 Å². The second kappa shape index (κ2) is 7.78. The lowest BCUT2D eigenvalue weighted by atomic mass is 9.73. The predicted molar refractivity (Wildman–Crippen MR) is 132 cm³/mol. The van der Waals surface area contributed by atoms with Gasteiger partial charge in [0.1, 0.15) is 11.1 Å². The van der Waals surface area contributed by atoms with Crippen molar-refractivity contribution in [2.45, 2.75) is 25.3 Å². The number of aromatic hydroxyl groups is 1. The first-order valence-electron chi connectivity index (χ1n) is 11.6. The van der Waals surface area contributed by atoms with Crippen molar-refractivity contribution in [3.8, 4) is 5.75 Å². The Morgan fingerprint density at radius 2 is 1.97 bits per heavy atom. The van der Waals surface area contributed by atoms with E-state index in [1.807, 2.05) is 6.07 Å². The van der Waals surface area contributed by atoms with Gasteiger partial charge < -0.3 is 15.7 Å². The summed E-state index contributed by atoms with van der Waals surface area (Å²) in [6.45, 7) is 5.34. The van der Waals surface area contributed by atoms with E-state index in [0.29, 0.717) is 11.6 Å². The highest BCUT2D eigenvalue weighted by Gasteiger charge is 2.46. The standard InChI is InChI=1S/C26H25FN6O2/c1-14(16-7-4-8-18(34)20(16)27)21-19-23(32-31-21)29-25(30-24(19)35)33-11-9-26(10-12-33)13-15-5-2-3-6-17(15)22(26)28/h2-8,22,34H,1,9-13,28H2,(H2,29,30,31,32,35)/t22-/m1/s1. The molecular weight excluding hydrogens is 447 g/mol. The largest absolute Gasteiger partial charge is 0.505 e. The number of H-pyrrole nitrogens is 2. The molecule has 1 atom stereocenters. The first kappa shape index (κ1) is 21.5. The zero-order valence-electron chi connectivity index (χ0n) is 19.0. The Kier molecular flexibility index (Phi) is 4.79. The number of aromatic nitrogens is 4. The van der Waals surface area contributed by atoms with Crippen molar-refractivity contribution in [3.05, 3.63) is 87.6 Å². The molecule has 35 heavy (non-hydrogen) atoms. The van der Waals surface area contributed by atoms with Crippen LogP contribution in [0.25, 0.3) is 16.6 Å². The molecule has 4 aromatic rings. The van der Waals surface area contributed by atoms with Crippen molar-refractivity contribution in [2.75, 3.05) is 18.0 Å². The summed E-state index contributed by atoms with van der Waals surface area (Å²) in [6.07, 6.45) is 2.76. The molecule has 178 valence electrons. The van der Waals surface area contributed by atoms with Gasteiger partial charge in [0.15, 0.2) is 17.2 Å². The van der Waals surface area contributed by atoms with Gasteiger partial charge in [0, 0.05) is 30.3 Å². The number of phenolic OH excluding ortho intramolecular Hbond substituents is 1. The number of fused-ring (bicyclic) bond motifs is 2. The third-order valence-electron chi connectivity index (χ3n) is 7.66. The molecule has 0 radical (unpaired) electrons. The van der Waals surface area contributed by atoms with Crippen LogP contribution in [0.4, 0.5) is 10.3 Å². The normalized spacial score (nSPS) is 18.8. The number of rotatable bonds is 3. The number of hydrogen-bond acceptors (Lipinski definition) is 6. The molecule has 3 heterocycles. The quantitative estimate of drug-likeness (QED) is 0.362. The van der Waals surface area contributed by atoms with Crippen molar-refractivity contribution in [3.63, 3.8) is 0 Å². The van der Waals surface area contributed by atoms with E-state index < -0.39 is 11.6 Å². The molecule has 9 heteroatoms. The Morgan fingerprint density at radius 3 is 2.74 bits per heavy atom. The number of aromatic amines is 2. The molecule has 1 aliphatic carbocycles. The maximum absolute atomic E-state index is 14.4. The van der Waals surface area contributed by atoms with Gasteiger partial charge in [-0.05, 0) is 41.9 Å².